The fourth-order valence-corrected chi connectivity index (χ4v) is 2.26. The molecule has 0 bridgehead atoms. The van der Waals surface area contributed by atoms with Crippen LogP contribution < -0.4 is 10.6 Å². The van der Waals surface area contributed by atoms with E-state index in [4.69, 9.17) is 5.73 Å². The molecule has 0 radical (unpaired) electrons. The zero-order valence-electron chi connectivity index (χ0n) is 10.7. The predicted molar refractivity (Wildman–Crippen MR) is 73.5 cm³/mol. The topological polar surface area (TPSA) is 41.6 Å². The smallest absolute Gasteiger partial charge is 0.196 e. The maximum absolute atomic E-state index is 6.11. The standard InChI is InChI=1S/C14H21N3/c1-11(2)16-14(15)17-10-6-5-8-12-7-3-4-9-13(12)17/h3-4,7,9,11H,5-6,8,10H2,1-2H3,(H2,15,16). The lowest BCUT2D eigenvalue weighted by Gasteiger charge is -2.24. The van der Waals surface area contributed by atoms with E-state index in [0.29, 0.717) is 5.96 Å². The monoisotopic (exact) mass is 231 g/mol. The largest absolute Gasteiger partial charge is 0.370 e. The van der Waals surface area contributed by atoms with Crippen molar-refractivity contribution >= 4 is 11.6 Å². The lowest BCUT2D eigenvalue weighted by Crippen LogP contribution is -2.38. The molecule has 1 aromatic rings. The molecule has 0 saturated carbocycles. The molecule has 1 aromatic carbocycles. The van der Waals surface area contributed by atoms with E-state index in [1.54, 1.807) is 0 Å². The van der Waals surface area contributed by atoms with Gasteiger partial charge in [0.15, 0.2) is 5.96 Å². The van der Waals surface area contributed by atoms with Gasteiger partial charge in [-0.1, -0.05) is 18.2 Å². The summed E-state index contributed by atoms with van der Waals surface area (Å²) in [5, 5.41) is 0. The van der Waals surface area contributed by atoms with Crippen LogP contribution in [-0.4, -0.2) is 18.5 Å². The Morgan fingerprint density at radius 3 is 2.82 bits per heavy atom. The van der Waals surface area contributed by atoms with Crippen molar-refractivity contribution in [2.75, 3.05) is 11.4 Å². The molecule has 0 fully saturated rings. The van der Waals surface area contributed by atoms with E-state index >= 15 is 0 Å². The molecule has 1 aliphatic rings. The van der Waals surface area contributed by atoms with Crippen LogP contribution in [0.3, 0.4) is 0 Å². The van der Waals surface area contributed by atoms with Gasteiger partial charge in [-0.25, -0.2) is 0 Å². The molecule has 1 heterocycles. The van der Waals surface area contributed by atoms with Crippen molar-refractivity contribution in [3.8, 4) is 0 Å². The number of hydrogen-bond acceptors (Lipinski definition) is 1. The molecule has 0 aliphatic carbocycles. The maximum Gasteiger partial charge on any atom is 0.196 e. The van der Waals surface area contributed by atoms with E-state index in [-0.39, 0.29) is 6.04 Å². The van der Waals surface area contributed by atoms with Gasteiger partial charge >= 0.3 is 0 Å². The predicted octanol–water partition coefficient (Wildman–Crippen LogP) is 2.55. The molecule has 3 heteroatoms. The van der Waals surface area contributed by atoms with Crippen molar-refractivity contribution in [3.05, 3.63) is 29.8 Å². The van der Waals surface area contributed by atoms with Gasteiger partial charge in [0.2, 0.25) is 0 Å². The van der Waals surface area contributed by atoms with Crippen LogP contribution in [0.4, 0.5) is 5.69 Å². The highest BCUT2D eigenvalue weighted by molar-refractivity contribution is 5.95. The number of hydrogen-bond donors (Lipinski definition) is 1. The molecule has 2 rings (SSSR count). The van der Waals surface area contributed by atoms with Crippen LogP contribution in [0.25, 0.3) is 0 Å². The average Bonchev–Trinajstić information content (AvgIpc) is 2.50. The van der Waals surface area contributed by atoms with Crippen LogP contribution in [0.5, 0.6) is 0 Å². The second-order valence-electron chi connectivity index (χ2n) is 4.82. The lowest BCUT2D eigenvalue weighted by atomic mass is 10.1. The van der Waals surface area contributed by atoms with Crippen LogP contribution in [0, 0.1) is 0 Å². The molecular weight excluding hydrogens is 210 g/mol. The number of anilines is 1. The average molecular weight is 231 g/mol. The Morgan fingerprint density at radius 2 is 2.06 bits per heavy atom. The fraction of sp³-hybridized carbons (Fsp3) is 0.500. The number of rotatable bonds is 1. The van der Waals surface area contributed by atoms with Gasteiger partial charge in [-0.05, 0) is 44.7 Å². The Bertz CT molecular complexity index is 410. The van der Waals surface area contributed by atoms with Crippen LogP contribution in [-0.2, 0) is 6.42 Å². The highest BCUT2D eigenvalue weighted by Crippen LogP contribution is 2.25. The van der Waals surface area contributed by atoms with Crippen molar-refractivity contribution in [2.45, 2.75) is 39.2 Å². The quantitative estimate of drug-likeness (QED) is 0.596. The number of para-hydroxylation sites is 1. The number of benzene rings is 1. The molecule has 0 unspecified atom stereocenters. The Labute approximate surface area is 103 Å². The fourth-order valence-electron chi connectivity index (χ4n) is 2.26. The minimum absolute atomic E-state index is 0.241. The molecule has 0 atom stereocenters. The van der Waals surface area contributed by atoms with Crippen molar-refractivity contribution in [3.63, 3.8) is 0 Å². The number of aliphatic imine (C=N–C) groups is 1. The van der Waals surface area contributed by atoms with Crippen LogP contribution in [0.15, 0.2) is 29.3 Å². The second kappa shape index (κ2) is 5.21. The first-order chi connectivity index (χ1) is 8.18. The zero-order valence-corrected chi connectivity index (χ0v) is 10.7. The molecule has 0 saturated heterocycles. The second-order valence-corrected chi connectivity index (χ2v) is 4.82. The van der Waals surface area contributed by atoms with Crippen molar-refractivity contribution in [1.29, 1.82) is 0 Å². The molecular formula is C14H21N3. The molecule has 92 valence electrons. The Kier molecular flexibility index (Phi) is 3.67. The molecule has 0 amide bonds. The molecule has 17 heavy (non-hydrogen) atoms. The Balaban J connectivity index is 2.35. The first kappa shape index (κ1) is 12.0. The van der Waals surface area contributed by atoms with Gasteiger partial charge in [0, 0.05) is 18.3 Å². The molecule has 1 aliphatic heterocycles. The summed E-state index contributed by atoms with van der Waals surface area (Å²) in [6.45, 7) is 5.08. The van der Waals surface area contributed by atoms with Crippen LogP contribution in [0.1, 0.15) is 32.3 Å². The van der Waals surface area contributed by atoms with Gasteiger partial charge in [0.1, 0.15) is 0 Å². The summed E-state index contributed by atoms with van der Waals surface area (Å²) in [5.41, 5.74) is 8.72. The number of nitrogens with zero attached hydrogens (tertiary/aromatic N) is 2. The third-order valence-electron chi connectivity index (χ3n) is 3.03. The van der Waals surface area contributed by atoms with Gasteiger partial charge in [0.05, 0.1) is 0 Å². The minimum atomic E-state index is 0.241. The molecule has 2 N–H and O–H groups in total. The Hall–Kier alpha value is -1.51. The summed E-state index contributed by atoms with van der Waals surface area (Å²) in [4.78, 5) is 6.62. The summed E-state index contributed by atoms with van der Waals surface area (Å²) in [5.74, 6) is 0.648. The maximum atomic E-state index is 6.11. The first-order valence-corrected chi connectivity index (χ1v) is 6.37. The summed E-state index contributed by atoms with van der Waals surface area (Å²) < 4.78 is 0. The number of aryl methyl sites for hydroxylation is 1. The van der Waals surface area contributed by atoms with E-state index in [1.165, 1.54) is 24.1 Å². The zero-order chi connectivity index (χ0) is 12.3. The summed E-state index contributed by atoms with van der Waals surface area (Å²) in [6.07, 6.45) is 3.53. The highest BCUT2D eigenvalue weighted by Gasteiger charge is 2.17. The minimum Gasteiger partial charge on any atom is -0.370 e. The first-order valence-electron chi connectivity index (χ1n) is 6.37. The highest BCUT2D eigenvalue weighted by atomic mass is 15.3. The van der Waals surface area contributed by atoms with E-state index < -0.39 is 0 Å². The lowest BCUT2D eigenvalue weighted by molar-refractivity contribution is 0.759. The number of fused-ring (bicyclic) bond motifs is 1. The molecule has 3 nitrogen and oxygen atoms in total. The summed E-state index contributed by atoms with van der Waals surface area (Å²) >= 11 is 0. The van der Waals surface area contributed by atoms with Gasteiger partial charge in [-0.2, -0.15) is 0 Å². The van der Waals surface area contributed by atoms with Gasteiger partial charge in [-0.3, -0.25) is 4.99 Å². The van der Waals surface area contributed by atoms with Gasteiger partial charge in [0.25, 0.3) is 0 Å². The summed E-state index contributed by atoms with van der Waals surface area (Å²) in [6, 6.07) is 8.74. The van der Waals surface area contributed by atoms with Crippen molar-refractivity contribution in [2.24, 2.45) is 10.7 Å². The van der Waals surface area contributed by atoms with Gasteiger partial charge < -0.3 is 10.6 Å². The molecule has 0 spiro atoms. The van der Waals surface area contributed by atoms with Gasteiger partial charge in [-0.15, -0.1) is 0 Å². The van der Waals surface area contributed by atoms with Crippen molar-refractivity contribution in [1.82, 2.24) is 0 Å². The SMILES string of the molecule is CC(C)N=C(N)N1CCCCc2ccccc21. The normalized spacial score (nSPS) is 16.9. The third kappa shape index (κ3) is 2.78. The van der Waals surface area contributed by atoms with E-state index in [1.807, 2.05) is 0 Å². The third-order valence-corrected chi connectivity index (χ3v) is 3.03. The van der Waals surface area contributed by atoms with E-state index in [9.17, 15) is 0 Å². The number of nitrogens with two attached hydrogens (primary N) is 1. The summed E-state index contributed by atoms with van der Waals surface area (Å²) in [7, 11) is 0. The van der Waals surface area contributed by atoms with Crippen LogP contribution in [0.2, 0.25) is 0 Å². The van der Waals surface area contributed by atoms with E-state index in [2.05, 4.69) is 48.0 Å². The Morgan fingerprint density at radius 1 is 1.29 bits per heavy atom. The van der Waals surface area contributed by atoms with Crippen molar-refractivity contribution < 1.29 is 0 Å². The van der Waals surface area contributed by atoms with E-state index in [0.717, 1.165) is 13.0 Å². The number of guanidine groups is 1. The van der Waals surface area contributed by atoms with Crippen LogP contribution >= 0.6 is 0 Å². The molecule has 0 aromatic heterocycles.